The lowest BCUT2D eigenvalue weighted by Gasteiger charge is -2.22. The lowest BCUT2D eigenvalue weighted by molar-refractivity contribution is -0.132. The topological polar surface area (TPSA) is 92.6 Å². The van der Waals surface area contributed by atoms with Crippen LogP contribution < -0.4 is 0 Å². The van der Waals surface area contributed by atoms with E-state index in [4.69, 9.17) is 0 Å². The van der Waals surface area contributed by atoms with Gasteiger partial charge in [0, 0.05) is 31.3 Å². The fraction of sp³-hybridized carbons (Fsp3) is 0.389. The van der Waals surface area contributed by atoms with Gasteiger partial charge in [0.05, 0.1) is 17.8 Å². The number of nitrogens with one attached hydrogen (secondary N) is 1. The second-order valence-electron chi connectivity index (χ2n) is 6.78. The highest BCUT2D eigenvalue weighted by atomic mass is 19.1. The first-order valence-corrected chi connectivity index (χ1v) is 8.92. The van der Waals surface area contributed by atoms with Crippen LogP contribution >= 0.6 is 0 Å². The minimum absolute atomic E-state index is 0.0146. The van der Waals surface area contributed by atoms with Crippen LogP contribution in [-0.4, -0.2) is 48.3 Å². The first-order valence-electron chi connectivity index (χ1n) is 8.92. The van der Waals surface area contributed by atoms with Crippen molar-refractivity contribution in [3.63, 3.8) is 0 Å². The maximum Gasteiger partial charge on any atom is 0.233 e. The maximum atomic E-state index is 13.2. The van der Waals surface area contributed by atoms with Crippen molar-refractivity contribution in [2.75, 3.05) is 7.05 Å². The molecule has 8 nitrogen and oxygen atoms in total. The van der Waals surface area contributed by atoms with E-state index in [2.05, 4.69) is 25.7 Å². The zero-order valence-electron chi connectivity index (χ0n) is 15.0. The predicted octanol–water partition coefficient (Wildman–Crippen LogP) is 2.13. The molecular formula is C18H20FN7O. The molecule has 1 aliphatic rings. The molecule has 27 heavy (non-hydrogen) atoms. The number of H-pyrrole nitrogens is 1. The molecule has 0 saturated carbocycles. The summed E-state index contributed by atoms with van der Waals surface area (Å²) in [5, 5.41) is 18.8. The summed E-state index contributed by atoms with van der Waals surface area (Å²) < 4.78 is 14.9. The Morgan fingerprint density at radius 2 is 2.15 bits per heavy atom. The van der Waals surface area contributed by atoms with E-state index >= 15 is 0 Å². The molecule has 0 radical (unpaired) electrons. The van der Waals surface area contributed by atoms with Gasteiger partial charge in [-0.1, -0.05) is 6.42 Å². The summed E-state index contributed by atoms with van der Waals surface area (Å²) >= 11 is 0. The number of aromatic amines is 1. The van der Waals surface area contributed by atoms with E-state index in [0.29, 0.717) is 12.4 Å². The van der Waals surface area contributed by atoms with Gasteiger partial charge in [-0.15, -0.1) is 5.10 Å². The fourth-order valence-corrected chi connectivity index (χ4v) is 3.49. The third kappa shape index (κ3) is 3.44. The van der Waals surface area contributed by atoms with Crippen LogP contribution in [0.25, 0.3) is 11.3 Å². The van der Waals surface area contributed by atoms with Crippen LogP contribution in [0, 0.1) is 5.82 Å². The highest BCUT2D eigenvalue weighted by molar-refractivity contribution is 5.82. The summed E-state index contributed by atoms with van der Waals surface area (Å²) in [6, 6.07) is 6.18. The highest BCUT2D eigenvalue weighted by Crippen LogP contribution is 2.27. The number of tetrazole rings is 1. The van der Waals surface area contributed by atoms with Gasteiger partial charge < -0.3 is 4.90 Å². The van der Waals surface area contributed by atoms with Gasteiger partial charge in [-0.2, -0.15) is 5.10 Å². The van der Waals surface area contributed by atoms with Crippen molar-refractivity contribution in [1.82, 2.24) is 35.3 Å². The normalized spacial score (nSPS) is 16.6. The zero-order valence-corrected chi connectivity index (χ0v) is 15.0. The van der Waals surface area contributed by atoms with Gasteiger partial charge in [0.15, 0.2) is 5.82 Å². The Balaban J connectivity index is 1.53. The van der Waals surface area contributed by atoms with Crippen LogP contribution in [0.4, 0.5) is 4.39 Å². The van der Waals surface area contributed by atoms with E-state index in [1.807, 2.05) is 0 Å². The SMILES string of the molecule is CN(Cc1cn[nH]c1-c1ccc(F)cc1)C(=O)[C@@H]1CCCCn2nnnc21. The van der Waals surface area contributed by atoms with Crippen molar-refractivity contribution < 1.29 is 9.18 Å². The summed E-state index contributed by atoms with van der Waals surface area (Å²) in [5.41, 5.74) is 2.47. The molecule has 0 saturated heterocycles. The van der Waals surface area contributed by atoms with Gasteiger partial charge in [0.1, 0.15) is 5.82 Å². The predicted molar refractivity (Wildman–Crippen MR) is 94.9 cm³/mol. The molecule has 140 valence electrons. The molecule has 0 bridgehead atoms. The summed E-state index contributed by atoms with van der Waals surface area (Å²) in [6.07, 6.45) is 4.34. The Morgan fingerprint density at radius 3 is 2.96 bits per heavy atom. The molecule has 0 aliphatic carbocycles. The summed E-state index contributed by atoms with van der Waals surface area (Å²) in [7, 11) is 1.77. The summed E-state index contributed by atoms with van der Waals surface area (Å²) in [6.45, 7) is 1.13. The van der Waals surface area contributed by atoms with Gasteiger partial charge in [0.2, 0.25) is 5.91 Å². The molecule has 1 aliphatic heterocycles. The van der Waals surface area contributed by atoms with E-state index in [1.165, 1.54) is 12.1 Å². The van der Waals surface area contributed by atoms with Crippen LogP contribution in [0.5, 0.6) is 0 Å². The Hall–Kier alpha value is -3.10. The monoisotopic (exact) mass is 369 g/mol. The smallest absolute Gasteiger partial charge is 0.233 e. The van der Waals surface area contributed by atoms with Gasteiger partial charge in [0.25, 0.3) is 0 Å². The molecule has 3 aromatic rings. The van der Waals surface area contributed by atoms with Gasteiger partial charge in [-0.05, 0) is 47.5 Å². The molecule has 3 heterocycles. The van der Waals surface area contributed by atoms with E-state index in [-0.39, 0.29) is 17.6 Å². The summed E-state index contributed by atoms with van der Waals surface area (Å²) in [4.78, 5) is 14.7. The van der Waals surface area contributed by atoms with Gasteiger partial charge in [-0.3, -0.25) is 9.89 Å². The van der Waals surface area contributed by atoms with Crippen LogP contribution in [-0.2, 0) is 17.9 Å². The van der Waals surface area contributed by atoms with E-state index in [0.717, 1.165) is 42.6 Å². The largest absolute Gasteiger partial charge is 0.341 e. The zero-order chi connectivity index (χ0) is 18.8. The lowest BCUT2D eigenvalue weighted by Crippen LogP contribution is -2.32. The molecule has 2 aromatic heterocycles. The number of benzene rings is 1. The van der Waals surface area contributed by atoms with E-state index < -0.39 is 0 Å². The third-order valence-electron chi connectivity index (χ3n) is 4.92. The van der Waals surface area contributed by atoms with Gasteiger partial charge >= 0.3 is 0 Å². The van der Waals surface area contributed by atoms with Crippen molar-refractivity contribution in [1.29, 1.82) is 0 Å². The maximum absolute atomic E-state index is 13.2. The molecule has 0 unspecified atom stereocenters. The Labute approximate surface area is 155 Å². The highest BCUT2D eigenvalue weighted by Gasteiger charge is 2.31. The van der Waals surface area contributed by atoms with Gasteiger partial charge in [-0.25, -0.2) is 9.07 Å². The number of hydrogen-bond donors (Lipinski definition) is 1. The van der Waals surface area contributed by atoms with Crippen molar-refractivity contribution >= 4 is 5.91 Å². The number of amides is 1. The molecule has 9 heteroatoms. The third-order valence-corrected chi connectivity index (χ3v) is 4.92. The Bertz CT molecular complexity index is 933. The first kappa shape index (κ1) is 17.3. The number of aromatic nitrogens is 6. The molecule has 1 aromatic carbocycles. The van der Waals surface area contributed by atoms with Crippen molar-refractivity contribution in [3.8, 4) is 11.3 Å². The average Bonchev–Trinajstić information content (AvgIpc) is 3.27. The number of halogens is 1. The van der Waals surface area contributed by atoms with Crippen molar-refractivity contribution in [2.24, 2.45) is 0 Å². The first-order chi connectivity index (χ1) is 13.1. The van der Waals surface area contributed by atoms with Crippen LogP contribution in [0.15, 0.2) is 30.5 Å². The van der Waals surface area contributed by atoms with Crippen LogP contribution in [0.1, 0.15) is 36.6 Å². The van der Waals surface area contributed by atoms with Crippen molar-refractivity contribution in [3.05, 3.63) is 47.7 Å². The average molecular weight is 369 g/mol. The minimum atomic E-state index is -0.339. The minimum Gasteiger partial charge on any atom is -0.341 e. The quantitative estimate of drug-likeness (QED) is 0.760. The lowest BCUT2D eigenvalue weighted by atomic mass is 10.0. The van der Waals surface area contributed by atoms with E-state index in [1.54, 1.807) is 35.0 Å². The number of fused-ring (bicyclic) bond motifs is 1. The van der Waals surface area contributed by atoms with Crippen LogP contribution in [0.2, 0.25) is 0 Å². The second-order valence-corrected chi connectivity index (χ2v) is 6.78. The summed E-state index contributed by atoms with van der Waals surface area (Å²) in [5.74, 6) is -0.0126. The van der Waals surface area contributed by atoms with Crippen LogP contribution in [0.3, 0.4) is 0 Å². The molecule has 0 spiro atoms. The molecule has 1 amide bonds. The van der Waals surface area contributed by atoms with E-state index in [9.17, 15) is 9.18 Å². The number of carbonyl (C=O) groups excluding carboxylic acids is 1. The standard InChI is InChI=1S/C18H20FN7O/c1-25(18(27)15-4-2-3-9-26-17(15)22-23-24-26)11-13-10-20-21-16(13)12-5-7-14(19)8-6-12/h5-8,10,15H,2-4,9,11H2,1H3,(H,20,21)/t15-/m1/s1. The molecule has 4 rings (SSSR count). The number of hydrogen-bond acceptors (Lipinski definition) is 5. The number of rotatable bonds is 4. The Morgan fingerprint density at radius 1 is 1.33 bits per heavy atom. The number of nitrogens with zero attached hydrogens (tertiary/aromatic N) is 6. The molecule has 0 fully saturated rings. The number of carbonyl (C=O) groups is 1. The second kappa shape index (κ2) is 7.26. The van der Waals surface area contributed by atoms with Crippen molar-refractivity contribution in [2.45, 2.75) is 38.3 Å². The molecular weight excluding hydrogens is 349 g/mol. The molecule has 1 atom stereocenters. The Kier molecular flexibility index (Phi) is 4.66. The number of likely N-dealkylation sites (N-methyl/N-ethyl adjacent to an activating group) is 1. The number of aryl methyl sites for hydroxylation is 1. The fourth-order valence-electron chi connectivity index (χ4n) is 3.49. The molecule has 1 N–H and O–H groups in total.